The summed E-state index contributed by atoms with van der Waals surface area (Å²) in [4.78, 5) is 0. The first-order chi connectivity index (χ1) is 5.20. The first-order valence-electron chi connectivity index (χ1n) is 3.75. The van der Waals surface area contributed by atoms with Gasteiger partial charge in [0.05, 0.1) is 0 Å². The molecule has 0 rings (SSSR count). The molecular formula is C7H17NO2Si. The van der Waals surface area contributed by atoms with E-state index in [4.69, 9.17) is 15.2 Å². The third-order valence-corrected chi connectivity index (χ3v) is 2.72. The number of ether oxygens (including phenoxy) is 2. The molecule has 3 nitrogen and oxygen atoms in total. The van der Waals surface area contributed by atoms with Crippen molar-refractivity contribution in [2.45, 2.75) is 31.3 Å². The molecule has 0 aromatic rings. The zero-order valence-electron chi connectivity index (χ0n) is 7.46. The monoisotopic (exact) mass is 175 g/mol. The van der Waals surface area contributed by atoms with Crippen molar-refractivity contribution in [3.05, 3.63) is 0 Å². The SMILES string of the molecule is COC(OC)[Si]CCC(C)N. The van der Waals surface area contributed by atoms with E-state index in [-0.39, 0.29) is 12.0 Å². The summed E-state index contributed by atoms with van der Waals surface area (Å²) < 4.78 is 10.1. The summed E-state index contributed by atoms with van der Waals surface area (Å²) in [5, 5.41) is 0. The van der Waals surface area contributed by atoms with Crippen LogP contribution in [0, 0.1) is 0 Å². The molecule has 0 spiro atoms. The van der Waals surface area contributed by atoms with Gasteiger partial charge in [-0.05, 0) is 13.3 Å². The Hall–Kier alpha value is 0.0969. The molecule has 1 unspecified atom stereocenters. The molecule has 2 N–H and O–H groups in total. The Labute approximate surface area is 71.1 Å². The van der Waals surface area contributed by atoms with Gasteiger partial charge in [-0.15, -0.1) is 0 Å². The van der Waals surface area contributed by atoms with Crippen LogP contribution in [0.2, 0.25) is 6.04 Å². The Balaban J connectivity index is 3.21. The van der Waals surface area contributed by atoms with Crippen LogP contribution >= 0.6 is 0 Å². The van der Waals surface area contributed by atoms with Crippen LogP contribution in [0.3, 0.4) is 0 Å². The molecule has 66 valence electrons. The van der Waals surface area contributed by atoms with E-state index in [9.17, 15) is 0 Å². The molecule has 0 fully saturated rings. The Morgan fingerprint density at radius 2 is 1.91 bits per heavy atom. The van der Waals surface area contributed by atoms with Gasteiger partial charge < -0.3 is 15.2 Å². The average Bonchev–Trinajstić information content (AvgIpc) is 1.98. The van der Waals surface area contributed by atoms with Gasteiger partial charge in [-0.3, -0.25) is 0 Å². The first kappa shape index (κ1) is 11.1. The van der Waals surface area contributed by atoms with Gasteiger partial charge >= 0.3 is 0 Å². The van der Waals surface area contributed by atoms with Gasteiger partial charge in [-0.25, -0.2) is 0 Å². The molecule has 0 aliphatic carbocycles. The molecule has 2 radical (unpaired) electrons. The molecular weight excluding hydrogens is 158 g/mol. The first-order valence-corrected chi connectivity index (χ1v) is 5.03. The molecule has 0 aromatic carbocycles. The highest BCUT2D eigenvalue weighted by atomic mass is 28.2. The predicted molar refractivity (Wildman–Crippen MR) is 46.6 cm³/mol. The quantitative estimate of drug-likeness (QED) is 0.470. The van der Waals surface area contributed by atoms with E-state index in [1.165, 1.54) is 0 Å². The van der Waals surface area contributed by atoms with E-state index in [1.54, 1.807) is 14.2 Å². The van der Waals surface area contributed by atoms with E-state index < -0.39 is 0 Å². The fourth-order valence-corrected chi connectivity index (χ4v) is 1.88. The Morgan fingerprint density at radius 3 is 2.27 bits per heavy atom. The summed E-state index contributed by atoms with van der Waals surface area (Å²) in [6, 6.07) is 1.38. The van der Waals surface area contributed by atoms with Gasteiger partial charge in [0.1, 0.15) is 15.4 Å². The van der Waals surface area contributed by atoms with Crippen LogP contribution < -0.4 is 5.73 Å². The minimum Gasteiger partial charge on any atom is -0.360 e. The van der Waals surface area contributed by atoms with Gasteiger partial charge in [0, 0.05) is 20.3 Å². The number of hydrogen-bond acceptors (Lipinski definition) is 3. The molecule has 0 aliphatic rings. The molecule has 0 aliphatic heterocycles. The van der Waals surface area contributed by atoms with E-state index in [2.05, 4.69) is 0 Å². The van der Waals surface area contributed by atoms with Crippen molar-refractivity contribution in [1.82, 2.24) is 0 Å². The summed E-state index contributed by atoms with van der Waals surface area (Å²) in [5.74, 6) is -0.0336. The molecule has 0 saturated heterocycles. The van der Waals surface area contributed by atoms with Crippen molar-refractivity contribution in [2.75, 3.05) is 14.2 Å². The van der Waals surface area contributed by atoms with E-state index in [0.29, 0.717) is 9.52 Å². The average molecular weight is 175 g/mol. The van der Waals surface area contributed by atoms with Crippen molar-refractivity contribution in [3.63, 3.8) is 0 Å². The van der Waals surface area contributed by atoms with Gasteiger partial charge in [-0.1, -0.05) is 6.04 Å². The fraction of sp³-hybridized carbons (Fsp3) is 1.00. The second-order valence-electron chi connectivity index (χ2n) is 2.52. The Bertz CT molecular complexity index is 86.5. The highest BCUT2D eigenvalue weighted by Crippen LogP contribution is 1.98. The number of nitrogens with two attached hydrogens (primary N) is 1. The topological polar surface area (TPSA) is 44.5 Å². The Kier molecular flexibility index (Phi) is 6.85. The van der Waals surface area contributed by atoms with Gasteiger partial charge in [-0.2, -0.15) is 0 Å². The molecule has 0 aromatic heterocycles. The van der Waals surface area contributed by atoms with Gasteiger partial charge in [0.15, 0.2) is 0 Å². The van der Waals surface area contributed by atoms with Crippen molar-refractivity contribution in [2.24, 2.45) is 5.73 Å². The lowest BCUT2D eigenvalue weighted by Gasteiger charge is -2.12. The van der Waals surface area contributed by atoms with Crippen molar-refractivity contribution >= 4 is 9.52 Å². The standard InChI is InChI=1S/C7H17NO2Si/c1-6(8)4-5-11-7(9-2)10-3/h6-7H,4-5,8H2,1-3H3. The van der Waals surface area contributed by atoms with Crippen molar-refractivity contribution in [3.8, 4) is 0 Å². The van der Waals surface area contributed by atoms with E-state index in [1.807, 2.05) is 6.92 Å². The van der Waals surface area contributed by atoms with Crippen LogP contribution in [0.25, 0.3) is 0 Å². The second-order valence-corrected chi connectivity index (χ2v) is 3.90. The Morgan fingerprint density at radius 1 is 1.36 bits per heavy atom. The smallest absolute Gasteiger partial charge is 0.136 e. The zero-order valence-corrected chi connectivity index (χ0v) is 8.46. The highest BCUT2D eigenvalue weighted by Gasteiger charge is 2.05. The minimum atomic E-state index is -0.0336. The number of methoxy groups -OCH3 is 2. The maximum Gasteiger partial charge on any atom is 0.136 e. The van der Waals surface area contributed by atoms with Crippen LogP contribution in [-0.4, -0.2) is 35.7 Å². The fourth-order valence-electron chi connectivity index (χ4n) is 0.692. The molecule has 0 heterocycles. The zero-order chi connectivity index (χ0) is 8.69. The van der Waals surface area contributed by atoms with Crippen molar-refractivity contribution < 1.29 is 9.47 Å². The minimum absolute atomic E-state index is 0.0336. The van der Waals surface area contributed by atoms with Crippen LogP contribution in [0.1, 0.15) is 13.3 Å². The normalized spacial score (nSPS) is 13.9. The third-order valence-electron chi connectivity index (χ3n) is 1.34. The van der Waals surface area contributed by atoms with Gasteiger partial charge in [0.2, 0.25) is 0 Å². The highest BCUT2D eigenvalue weighted by molar-refractivity contribution is 6.36. The largest absolute Gasteiger partial charge is 0.360 e. The van der Waals surface area contributed by atoms with Crippen molar-refractivity contribution in [1.29, 1.82) is 0 Å². The van der Waals surface area contributed by atoms with E-state index >= 15 is 0 Å². The number of hydrogen-bond donors (Lipinski definition) is 1. The molecule has 0 amide bonds. The lowest BCUT2D eigenvalue weighted by molar-refractivity contribution is -0.0441. The molecule has 0 saturated carbocycles. The molecule has 11 heavy (non-hydrogen) atoms. The summed E-state index contributed by atoms with van der Waals surface area (Å²) in [5.41, 5.74) is 5.58. The van der Waals surface area contributed by atoms with Crippen LogP contribution in [0.4, 0.5) is 0 Å². The molecule has 0 bridgehead atoms. The number of rotatable bonds is 6. The summed E-state index contributed by atoms with van der Waals surface area (Å²) >= 11 is 0. The maximum absolute atomic E-state index is 5.58. The van der Waals surface area contributed by atoms with Crippen LogP contribution in [-0.2, 0) is 9.47 Å². The van der Waals surface area contributed by atoms with Crippen LogP contribution in [0.15, 0.2) is 0 Å². The lowest BCUT2D eigenvalue weighted by atomic mass is 10.3. The third kappa shape index (κ3) is 6.49. The predicted octanol–water partition coefficient (Wildman–Crippen LogP) is 0.423. The summed E-state index contributed by atoms with van der Waals surface area (Å²) in [6.45, 7) is 2.01. The maximum atomic E-state index is 5.58. The second kappa shape index (κ2) is 6.79. The van der Waals surface area contributed by atoms with E-state index in [0.717, 1.165) is 12.5 Å². The van der Waals surface area contributed by atoms with Gasteiger partial charge in [0.25, 0.3) is 0 Å². The summed E-state index contributed by atoms with van der Waals surface area (Å²) in [7, 11) is 4.01. The lowest BCUT2D eigenvalue weighted by Crippen LogP contribution is -2.23. The van der Waals surface area contributed by atoms with Crippen LogP contribution in [0.5, 0.6) is 0 Å². The summed E-state index contributed by atoms with van der Waals surface area (Å²) in [6.07, 6.45) is 1.04. The molecule has 1 atom stereocenters. The molecule has 4 heteroatoms.